The number of carbonyl (C=O) groups is 2. The van der Waals surface area contributed by atoms with Gasteiger partial charge in [-0.25, -0.2) is 5.48 Å². The molecule has 0 bridgehead atoms. The van der Waals surface area contributed by atoms with Gasteiger partial charge in [-0.05, 0) is 37.1 Å². The summed E-state index contributed by atoms with van der Waals surface area (Å²) in [6, 6.07) is 14.6. The van der Waals surface area contributed by atoms with Crippen molar-refractivity contribution in [3.05, 3.63) is 70.8 Å². The van der Waals surface area contributed by atoms with E-state index in [1.54, 1.807) is 29.7 Å². The van der Waals surface area contributed by atoms with Crippen LogP contribution in [0.5, 0.6) is 0 Å². The van der Waals surface area contributed by atoms with Gasteiger partial charge in [0.05, 0.1) is 5.92 Å². The zero-order chi connectivity index (χ0) is 16.8. The van der Waals surface area contributed by atoms with Crippen LogP contribution in [0.25, 0.3) is 0 Å². The van der Waals surface area contributed by atoms with Gasteiger partial charge in [-0.2, -0.15) is 0 Å². The summed E-state index contributed by atoms with van der Waals surface area (Å²) in [5.74, 6) is -0.838. The summed E-state index contributed by atoms with van der Waals surface area (Å²) >= 11 is 0. The van der Waals surface area contributed by atoms with Gasteiger partial charge in [0.2, 0.25) is 5.91 Å². The number of hydrogen-bond acceptors (Lipinski definition) is 3. The number of amides is 2. The Labute approximate surface area is 135 Å². The molecule has 2 aromatic carbocycles. The molecule has 0 spiro atoms. The smallest absolute Gasteiger partial charge is 0.274 e. The molecule has 3 N–H and O–H groups in total. The lowest BCUT2D eigenvalue weighted by Gasteiger charge is -2.13. The van der Waals surface area contributed by atoms with Crippen LogP contribution < -0.4 is 10.8 Å². The summed E-state index contributed by atoms with van der Waals surface area (Å²) in [4.78, 5) is 23.4. The maximum absolute atomic E-state index is 12.2. The number of aryl methyl sites for hydroxylation is 1. The minimum Gasteiger partial charge on any atom is -0.352 e. The van der Waals surface area contributed by atoms with Crippen LogP contribution in [0.15, 0.2) is 48.5 Å². The van der Waals surface area contributed by atoms with Crippen molar-refractivity contribution < 1.29 is 14.8 Å². The Kier molecular flexibility index (Phi) is 5.49. The van der Waals surface area contributed by atoms with E-state index in [1.165, 1.54) is 0 Å². The number of nitrogens with one attached hydrogen (secondary N) is 2. The molecule has 0 saturated heterocycles. The fourth-order valence-corrected chi connectivity index (χ4v) is 2.19. The SMILES string of the molecule is Cc1ccc(C(C)C(=O)NCc2ccc(C(=O)NO)cc2)cc1. The highest BCUT2D eigenvalue weighted by Gasteiger charge is 2.14. The number of hydrogen-bond donors (Lipinski definition) is 3. The minimum absolute atomic E-state index is 0.0500. The molecule has 2 aromatic rings. The lowest BCUT2D eigenvalue weighted by atomic mass is 9.99. The van der Waals surface area contributed by atoms with Crippen molar-refractivity contribution in [1.29, 1.82) is 0 Å². The fraction of sp³-hybridized carbons (Fsp3) is 0.222. The second kappa shape index (κ2) is 7.56. The summed E-state index contributed by atoms with van der Waals surface area (Å²) in [5, 5.41) is 11.4. The topological polar surface area (TPSA) is 78.4 Å². The predicted octanol–water partition coefficient (Wildman–Crippen LogP) is 2.53. The number of benzene rings is 2. The van der Waals surface area contributed by atoms with Gasteiger partial charge in [0.1, 0.15) is 0 Å². The monoisotopic (exact) mass is 312 g/mol. The Morgan fingerprint density at radius 2 is 1.65 bits per heavy atom. The molecule has 2 amide bonds. The lowest BCUT2D eigenvalue weighted by Crippen LogP contribution is -2.27. The van der Waals surface area contributed by atoms with Crippen molar-refractivity contribution in [2.45, 2.75) is 26.3 Å². The highest BCUT2D eigenvalue weighted by Crippen LogP contribution is 2.16. The van der Waals surface area contributed by atoms with E-state index in [4.69, 9.17) is 5.21 Å². The van der Waals surface area contributed by atoms with Crippen molar-refractivity contribution in [1.82, 2.24) is 10.8 Å². The average molecular weight is 312 g/mol. The first kappa shape index (κ1) is 16.7. The Hall–Kier alpha value is -2.66. The third kappa shape index (κ3) is 4.40. The zero-order valence-electron chi connectivity index (χ0n) is 13.2. The second-order valence-electron chi connectivity index (χ2n) is 5.49. The quantitative estimate of drug-likeness (QED) is 0.586. The summed E-state index contributed by atoms with van der Waals surface area (Å²) in [6.07, 6.45) is 0. The van der Waals surface area contributed by atoms with Gasteiger partial charge in [0.15, 0.2) is 0 Å². The molecule has 2 rings (SSSR count). The molecule has 0 aliphatic rings. The molecule has 1 atom stereocenters. The summed E-state index contributed by atoms with van der Waals surface area (Å²) in [7, 11) is 0. The number of rotatable bonds is 5. The maximum atomic E-state index is 12.2. The normalized spacial score (nSPS) is 11.6. The van der Waals surface area contributed by atoms with Gasteiger partial charge in [-0.15, -0.1) is 0 Å². The molecule has 0 heterocycles. The largest absolute Gasteiger partial charge is 0.352 e. The molecular weight excluding hydrogens is 292 g/mol. The first-order valence-electron chi connectivity index (χ1n) is 7.39. The first-order valence-corrected chi connectivity index (χ1v) is 7.39. The molecule has 0 aliphatic carbocycles. The van der Waals surface area contributed by atoms with Crippen LogP contribution in [0.1, 0.15) is 39.9 Å². The number of carbonyl (C=O) groups excluding carboxylic acids is 2. The molecule has 0 radical (unpaired) electrons. The lowest BCUT2D eigenvalue weighted by molar-refractivity contribution is -0.122. The van der Waals surface area contributed by atoms with Crippen LogP contribution in [0.3, 0.4) is 0 Å². The van der Waals surface area contributed by atoms with E-state index in [1.807, 2.05) is 38.1 Å². The van der Waals surface area contributed by atoms with Crippen molar-refractivity contribution in [3.8, 4) is 0 Å². The van der Waals surface area contributed by atoms with Crippen LogP contribution in [-0.4, -0.2) is 17.0 Å². The molecule has 0 aromatic heterocycles. The van der Waals surface area contributed by atoms with Crippen molar-refractivity contribution >= 4 is 11.8 Å². The van der Waals surface area contributed by atoms with Gasteiger partial charge in [0.25, 0.3) is 5.91 Å². The van der Waals surface area contributed by atoms with E-state index in [0.717, 1.165) is 16.7 Å². The van der Waals surface area contributed by atoms with Crippen molar-refractivity contribution in [3.63, 3.8) is 0 Å². The standard InChI is InChI=1S/C18H20N2O3/c1-12-3-7-15(8-4-12)13(2)17(21)19-11-14-5-9-16(10-6-14)18(22)20-23/h3-10,13,23H,11H2,1-2H3,(H,19,21)(H,20,22). The van der Waals surface area contributed by atoms with Gasteiger partial charge in [-0.1, -0.05) is 42.0 Å². The van der Waals surface area contributed by atoms with Crippen LogP contribution >= 0.6 is 0 Å². The zero-order valence-corrected chi connectivity index (χ0v) is 13.2. The minimum atomic E-state index is -0.562. The maximum Gasteiger partial charge on any atom is 0.274 e. The van der Waals surface area contributed by atoms with Gasteiger partial charge >= 0.3 is 0 Å². The Balaban J connectivity index is 1.93. The van der Waals surface area contributed by atoms with Gasteiger partial charge < -0.3 is 5.32 Å². The molecular formula is C18H20N2O3. The van der Waals surface area contributed by atoms with Gasteiger partial charge in [0, 0.05) is 12.1 Å². The van der Waals surface area contributed by atoms with E-state index in [0.29, 0.717) is 12.1 Å². The average Bonchev–Trinajstić information content (AvgIpc) is 2.59. The second-order valence-corrected chi connectivity index (χ2v) is 5.49. The summed E-state index contributed by atoms with van der Waals surface area (Å²) in [5.41, 5.74) is 4.95. The Morgan fingerprint density at radius 3 is 2.22 bits per heavy atom. The molecule has 0 aliphatic heterocycles. The number of hydroxylamine groups is 1. The van der Waals surface area contributed by atoms with Crippen LogP contribution in [0, 0.1) is 6.92 Å². The van der Waals surface area contributed by atoms with Crippen LogP contribution in [0.2, 0.25) is 0 Å². The fourth-order valence-electron chi connectivity index (χ4n) is 2.19. The first-order chi connectivity index (χ1) is 11.0. The third-order valence-electron chi connectivity index (χ3n) is 3.76. The van der Waals surface area contributed by atoms with E-state index in [2.05, 4.69) is 5.32 Å². The van der Waals surface area contributed by atoms with Crippen LogP contribution in [0.4, 0.5) is 0 Å². The van der Waals surface area contributed by atoms with Crippen molar-refractivity contribution in [2.75, 3.05) is 0 Å². The van der Waals surface area contributed by atoms with Gasteiger partial charge in [-0.3, -0.25) is 14.8 Å². The third-order valence-corrected chi connectivity index (χ3v) is 3.76. The molecule has 5 heteroatoms. The highest BCUT2D eigenvalue weighted by molar-refractivity contribution is 5.93. The Bertz CT molecular complexity index is 678. The Morgan fingerprint density at radius 1 is 1.04 bits per heavy atom. The molecule has 0 fully saturated rings. The summed E-state index contributed by atoms with van der Waals surface area (Å²) in [6.45, 7) is 4.26. The highest BCUT2D eigenvalue weighted by atomic mass is 16.5. The molecule has 23 heavy (non-hydrogen) atoms. The molecule has 5 nitrogen and oxygen atoms in total. The van der Waals surface area contributed by atoms with E-state index < -0.39 is 5.91 Å². The summed E-state index contributed by atoms with van der Waals surface area (Å²) < 4.78 is 0. The molecule has 1 unspecified atom stereocenters. The van der Waals surface area contributed by atoms with Crippen LogP contribution in [-0.2, 0) is 11.3 Å². The van der Waals surface area contributed by atoms with E-state index in [9.17, 15) is 9.59 Å². The predicted molar refractivity (Wildman–Crippen MR) is 87.1 cm³/mol. The molecule has 120 valence electrons. The van der Waals surface area contributed by atoms with Crippen molar-refractivity contribution in [2.24, 2.45) is 0 Å². The molecule has 0 saturated carbocycles. The van der Waals surface area contributed by atoms with E-state index >= 15 is 0 Å². The van der Waals surface area contributed by atoms with E-state index in [-0.39, 0.29) is 11.8 Å².